The van der Waals surface area contributed by atoms with Crippen LogP contribution in [0.3, 0.4) is 0 Å². The Hall–Kier alpha value is -0.900. The molecule has 0 saturated carbocycles. The van der Waals surface area contributed by atoms with Crippen LogP contribution in [0.5, 0.6) is 0 Å². The third kappa shape index (κ3) is 4.31. The van der Waals surface area contributed by atoms with E-state index in [4.69, 9.17) is 4.74 Å². The van der Waals surface area contributed by atoms with Gasteiger partial charge in [-0.15, -0.1) is 0 Å². The normalized spacial score (nSPS) is 27.3. The van der Waals surface area contributed by atoms with Gasteiger partial charge in [0.05, 0.1) is 13.2 Å². The smallest absolute Gasteiger partial charge is 0.0594 e. The van der Waals surface area contributed by atoms with Gasteiger partial charge >= 0.3 is 0 Å². The Kier molecular flexibility index (Phi) is 5.88. The number of aryl methyl sites for hydroxylation is 1. The van der Waals surface area contributed by atoms with Crippen molar-refractivity contribution in [3.63, 3.8) is 0 Å². The summed E-state index contributed by atoms with van der Waals surface area (Å²) < 4.78 is 5.49. The summed E-state index contributed by atoms with van der Waals surface area (Å²) in [7, 11) is 0. The Morgan fingerprint density at radius 3 is 2.59 bits per heavy atom. The van der Waals surface area contributed by atoms with E-state index in [1.165, 1.54) is 44.5 Å². The maximum atomic E-state index is 5.49. The minimum Gasteiger partial charge on any atom is -0.379 e. The van der Waals surface area contributed by atoms with Gasteiger partial charge in [0.15, 0.2) is 0 Å². The van der Waals surface area contributed by atoms with Crippen molar-refractivity contribution in [2.45, 2.75) is 32.2 Å². The third-order valence-corrected chi connectivity index (χ3v) is 5.20. The van der Waals surface area contributed by atoms with Crippen molar-refractivity contribution in [1.82, 2.24) is 9.80 Å². The van der Waals surface area contributed by atoms with Crippen molar-refractivity contribution in [3.8, 4) is 0 Å². The zero-order valence-corrected chi connectivity index (χ0v) is 13.9. The average Bonchev–Trinajstić information content (AvgIpc) is 2.94. The first kappa shape index (κ1) is 16.0. The lowest BCUT2D eigenvalue weighted by atomic mass is 10.0. The molecule has 3 heteroatoms. The molecule has 3 rings (SSSR count). The van der Waals surface area contributed by atoms with Gasteiger partial charge in [-0.3, -0.25) is 4.90 Å². The Labute approximate surface area is 135 Å². The fraction of sp³-hybridized carbons (Fsp3) is 0.684. The molecular weight excluding hydrogens is 272 g/mol. The molecular formula is C19H30N2O. The van der Waals surface area contributed by atoms with E-state index in [2.05, 4.69) is 47.1 Å². The van der Waals surface area contributed by atoms with Gasteiger partial charge in [0.25, 0.3) is 0 Å². The summed E-state index contributed by atoms with van der Waals surface area (Å²) in [5.74, 6) is 0.798. The topological polar surface area (TPSA) is 15.7 Å². The Bertz CT molecular complexity index is 430. The summed E-state index contributed by atoms with van der Waals surface area (Å²) >= 11 is 0. The SMILES string of the molecule is C[C@H]1CN(CCCCc2ccccc2)C[C@H]1N1CCOCC1. The maximum Gasteiger partial charge on any atom is 0.0594 e. The first-order valence-corrected chi connectivity index (χ1v) is 8.91. The van der Waals surface area contributed by atoms with E-state index in [0.717, 1.165) is 38.3 Å². The molecule has 0 aromatic heterocycles. The zero-order valence-electron chi connectivity index (χ0n) is 13.9. The average molecular weight is 302 g/mol. The molecule has 0 N–H and O–H groups in total. The maximum absolute atomic E-state index is 5.49. The highest BCUT2D eigenvalue weighted by Crippen LogP contribution is 2.23. The Morgan fingerprint density at radius 1 is 1.05 bits per heavy atom. The largest absolute Gasteiger partial charge is 0.379 e. The van der Waals surface area contributed by atoms with Gasteiger partial charge < -0.3 is 9.64 Å². The minimum absolute atomic E-state index is 0.748. The lowest BCUT2D eigenvalue weighted by molar-refractivity contribution is 0.0118. The van der Waals surface area contributed by atoms with E-state index in [1.807, 2.05) is 0 Å². The third-order valence-electron chi connectivity index (χ3n) is 5.20. The lowest BCUT2D eigenvalue weighted by Crippen LogP contribution is -2.46. The van der Waals surface area contributed by atoms with Gasteiger partial charge in [-0.2, -0.15) is 0 Å². The molecule has 2 aliphatic heterocycles. The number of hydrogen-bond acceptors (Lipinski definition) is 3. The molecule has 0 amide bonds. The van der Waals surface area contributed by atoms with E-state index in [9.17, 15) is 0 Å². The van der Waals surface area contributed by atoms with Crippen molar-refractivity contribution >= 4 is 0 Å². The molecule has 2 aliphatic rings. The summed E-state index contributed by atoms with van der Waals surface area (Å²) in [6.07, 6.45) is 3.84. The van der Waals surface area contributed by atoms with Crippen molar-refractivity contribution in [3.05, 3.63) is 35.9 Å². The van der Waals surface area contributed by atoms with Crippen LogP contribution >= 0.6 is 0 Å². The number of ether oxygens (including phenoxy) is 1. The molecule has 122 valence electrons. The van der Waals surface area contributed by atoms with Crippen molar-refractivity contribution in [1.29, 1.82) is 0 Å². The number of nitrogens with zero attached hydrogens (tertiary/aromatic N) is 2. The van der Waals surface area contributed by atoms with Crippen LogP contribution in [0.15, 0.2) is 30.3 Å². The van der Waals surface area contributed by atoms with Gasteiger partial charge in [-0.1, -0.05) is 37.3 Å². The fourth-order valence-corrected chi connectivity index (χ4v) is 3.92. The van der Waals surface area contributed by atoms with Crippen molar-refractivity contribution < 1.29 is 4.74 Å². The monoisotopic (exact) mass is 302 g/mol. The molecule has 0 aliphatic carbocycles. The Balaban J connectivity index is 1.37. The van der Waals surface area contributed by atoms with Crippen LogP contribution in [0.25, 0.3) is 0 Å². The van der Waals surface area contributed by atoms with Crippen LogP contribution in [0.4, 0.5) is 0 Å². The number of hydrogen-bond donors (Lipinski definition) is 0. The van der Waals surface area contributed by atoms with E-state index >= 15 is 0 Å². The highest BCUT2D eigenvalue weighted by molar-refractivity contribution is 5.14. The predicted molar refractivity (Wildman–Crippen MR) is 91.2 cm³/mol. The second-order valence-electron chi connectivity index (χ2n) is 6.90. The van der Waals surface area contributed by atoms with Gasteiger partial charge in [-0.05, 0) is 37.3 Å². The van der Waals surface area contributed by atoms with Gasteiger partial charge in [0.2, 0.25) is 0 Å². The minimum atomic E-state index is 0.748. The predicted octanol–water partition coefficient (Wildman–Crippen LogP) is 2.66. The molecule has 2 atom stereocenters. The number of rotatable bonds is 6. The summed E-state index contributed by atoms with van der Waals surface area (Å²) in [6.45, 7) is 10.3. The molecule has 0 unspecified atom stereocenters. The molecule has 22 heavy (non-hydrogen) atoms. The molecule has 0 spiro atoms. The Morgan fingerprint density at radius 2 is 1.82 bits per heavy atom. The van der Waals surface area contributed by atoms with Gasteiger partial charge in [-0.25, -0.2) is 0 Å². The van der Waals surface area contributed by atoms with Crippen LogP contribution in [-0.4, -0.2) is 61.8 Å². The van der Waals surface area contributed by atoms with Crippen LogP contribution in [-0.2, 0) is 11.2 Å². The number of unbranched alkanes of at least 4 members (excludes halogenated alkanes) is 1. The fourth-order valence-electron chi connectivity index (χ4n) is 3.92. The van der Waals surface area contributed by atoms with Gasteiger partial charge in [0.1, 0.15) is 0 Å². The number of benzene rings is 1. The zero-order chi connectivity index (χ0) is 15.2. The second-order valence-corrected chi connectivity index (χ2v) is 6.90. The summed E-state index contributed by atoms with van der Waals surface area (Å²) in [4.78, 5) is 5.33. The van der Waals surface area contributed by atoms with E-state index < -0.39 is 0 Å². The lowest BCUT2D eigenvalue weighted by Gasteiger charge is -2.34. The second kappa shape index (κ2) is 8.09. The molecule has 0 radical (unpaired) electrons. The van der Waals surface area contributed by atoms with Crippen molar-refractivity contribution in [2.24, 2.45) is 5.92 Å². The molecule has 1 aromatic rings. The molecule has 0 bridgehead atoms. The standard InChI is InChI=1S/C19H30N2O/c1-17-15-20(16-19(17)21-11-13-22-14-12-21)10-6-5-9-18-7-3-2-4-8-18/h2-4,7-8,17,19H,5-6,9-16H2,1H3/t17-,19+/m0/s1. The van der Waals surface area contributed by atoms with Crippen LogP contribution in [0, 0.1) is 5.92 Å². The number of likely N-dealkylation sites (tertiary alicyclic amines) is 1. The molecule has 1 aromatic carbocycles. The summed E-state index contributed by atoms with van der Waals surface area (Å²) in [6, 6.07) is 11.6. The summed E-state index contributed by atoms with van der Waals surface area (Å²) in [5.41, 5.74) is 1.48. The van der Waals surface area contributed by atoms with E-state index in [1.54, 1.807) is 0 Å². The molecule has 2 fully saturated rings. The van der Waals surface area contributed by atoms with Crippen LogP contribution < -0.4 is 0 Å². The highest BCUT2D eigenvalue weighted by Gasteiger charge is 2.33. The van der Waals surface area contributed by atoms with Gasteiger partial charge in [0, 0.05) is 32.2 Å². The molecule has 3 nitrogen and oxygen atoms in total. The molecule has 2 saturated heterocycles. The first-order valence-electron chi connectivity index (χ1n) is 8.91. The quantitative estimate of drug-likeness (QED) is 0.751. The van der Waals surface area contributed by atoms with Crippen LogP contribution in [0.2, 0.25) is 0 Å². The van der Waals surface area contributed by atoms with E-state index in [0.29, 0.717) is 0 Å². The first-order chi connectivity index (χ1) is 10.8. The van der Waals surface area contributed by atoms with Crippen LogP contribution in [0.1, 0.15) is 25.3 Å². The number of morpholine rings is 1. The van der Waals surface area contributed by atoms with E-state index in [-0.39, 0.29) is 0 Å². The molecule has 2 heterocycles. The highest BCUT2D eigenvalue weighted by atomic mass is 16.5. The summed E-state index contributed by atoms with van der Waals surface area (Å²) in [5, 5.41) is 0. The van der Waals surface area contributed by atoms with Crippen molar-refractivity contribution in [2.75, 3.05) is 45.9 Å².